The normalized spacial score (nSPS) is 17.7. The predicted octanol–water partition coefficient (Wildman–Crippen LogP) is 3.74. The summed E-state index contributed by atoms with van der Waals surface area (Å²) in [5, 5.41) is 11.1. The number of carbonyl (C=O) groups is 1. The Morgan fingerprint density at radius 1 is 1.20 bits per heavy atom. The van der Waals surface area contributed by atoms with E-state index in [1.165, 1.54) is 24.3 Å². The Labute approximate surface area is 144 Å². The summed E-state index contributed by atoms with van der Waals surface area (Å²) in [7, 11) is 0. The van der Waals surface area contributed by atoms with Gasteiger partial charge in [-0.1, -0.05) is 24.6 Å². The highest BCUT2D eigenvalue weighted by Gasteiger charge is 2.49. The Bertz CT molecular complexity index is 877. The molecule has 2 aromatic rings. The van der Waals surface area contributed by atoms with Gasteiger partial charge in [0.15, 0.2) is 0 Å². The van der Waals surface area contributed by atoms with Crippen LogP contribution in [0.15, 0.2) is 42.5 Å². The number of benzene rings is 2. The van der Waals surface area contributed by atoms with Crippen LogP contribution in [0.1, 0.15) is 30.4 Å². The molecule has 25 heavy (non-hydrogen) atoms. The smallest absolute Gasteiger partial charge is 0.271 e. The number of non-ortho nitro benzene ring substituents is 1. The van der Waals surface area contributed by atoms with Crippen LogP contribution >= 0.6 is 0 Å². The summed E-state index contributed by atoms with van der Waals surface area (Å²) in [6.45, 7) is 0.506. The van der Waals surface area contributed by atoms with Crippen molar-refractivity contribution in [2.24, 2.45) is 0 Å². The van der Waals surface area contributed by atoms with Crippen molar-refractivity contribution in [3.63, 3.8) is 0 Å². The Morgan fingerprint density at radius 2 is 2.00 bits per heavy atom. The average molecular weight is 340 g/mol. The van der Waals surface area contributed by atoms with E-state index >= 15 is 0 Å². The maximum absolute atomic E-state index is 13.7. The fraction of sp³-hybridized carbons (Fsp3) is 0.316. The summed E-state index contributed by atoms with van der Waals surface area (Å²) >= 11 is 0. The van der Waals surface area contributed by atoms with Crippen molar-refractivity contribution in [1.29, 1.82) is 0 Å². The summed E-state index contributed by atoms with van der Waals surface area (Å²) in [6, 6.07) is 10.9. The van der Waals surface area contributed by atoms with Crippen molar-refractivity contribution in [2.75, 3.05) is 11.4 Å². The van der Waals surface area contributed by atoms with Crippen molar-refractivity contribution >= 4 is 17.3 Å². The SMILES string of the molecule is O=C(N1CCc2ccc([N+](=O)[O-])cc21)C1(c2cccc(F)c2)CCC1. The lowest BCUT2D eigenvalue weighted by Gasteiger charge is -2.43. The predicted molar refractivity (Wildman–Crippen MR) is 91.1 cm³/mol. The molecule has 1 amide bonds. The molecule has 5 nitrogen and oxygen atoms in total. The van der Waals surface area contributed by atoms with Crippen molar-refractivity contribution < 1.29 is 14.1 Å². The molecule has 0 saturated heterocycles. The maximum atomic E-state index is 13.7. The molecule has 1 aliphatic carbocycles. The van der Waals surface area contributed by atoms with Gasteiger partial charge in [0, 0.05) is 18.7 Å². The van der Waals surface area contributed by atoms with Crippen LogP contribution in [0.4, 0.5) is 15.8 Å². The van der Waals surface area contributed by atoms with Crippen LogP contribution in [-0.4, -0.2) is 17.4 Å². The van der Waals surface area contributed by atoms with E-state index in [1.807, 2.05) is 0 Å². The van der Waals surface area contributed by atoms with E-state index in [9.17, 15) is 19.3 Å². The maximum Gasteiger partial charge on any atom is 0.271 e. The summed E-state index contributed by atoms with van der Waals surface area (Å²) in [5.41, 5.74) is 1.51. The van der Waals surface area contributed by atoms with Crippen LogP contribution in [0.25, 0.3) is 0 Å². The van der Waals surface area contributed by atoms with E-state index in [0.29, 0.717) is 37.1 Å². The number of amides is 1. The zero-order chi connectivity index (χ0) is 17.6. The molecular weight excluding hydrogens is 323 g/mol. The lowest BCUT2D eigenvalue weighted by atomic mass is 9.63. The monoisotopic (exact) mass is 340 g/mol. The van der Waals surface area contributed by atoms with Gasteiger partial charge in [-0.25, -0.2) is 4.39 Å². The van der Waals surface area contributed by atoms with Crippen LogP contribution in [0.3, 0.4) is 0 Å². The zero-order valence-corrected chi connectivity index (χ0v) is 13.6. The van der Waals surface area contributed by atoms with Gasteiger partial charge in [0.2, 0.25) is 5.91 Å². The molecule has 1 fully saturated rings. The standard InChI is InChI=1S/C19H17FN2O3/c20-15-4-1-3-14(11-15)19(8-2-9-19)18(23)21-10-7-13-5-6-16(22(24)25)12-17(13)21/h1,3-6,11-12H,2,7-10H2. The minimum atomic E-state index is -0.714. The zero-order valence-electron chi connectivity index (χ0n) is 13.6. The number of nitro groups is 1. The Balaban J connectivity index is 1.73. The molecule has 0 atom stereocenters. The molecule has 0 N–H and O–H groups in total. The lowest BCUT2D eigenvalue weighted by Crippen LogP contribution is -2.50. The molecule has 2 aromatic carbocycles. The Morgan fingerprint density at radius 3 is 2.64 bits per heavy atom. The van der Waals surface area contributed by atoms with Crippen LogP contribution < -0.4 is 4.90 Å². The van der Waals surface area contributed by atoms with Gasteiger partial charge in [-0.15, -0.1) is 0 Å². The van der Waals surface area contributed by atoms with E-state index in [-0.39, 0.29) is 17.4 Å². The molecule has 2 aliphatic rings. The molecular formula is C19H17FN2O3. The van der Waals surface area contributed by atoms with Gasteiger partial charge in [0.1, 0.15) is 5.82 Å². The van der Waals surface area contributed by atoms with Gasteiger partial charge < -0.3 is 4.90 Å². The summed E-state index contributed by atoms with van der Waals surface area (Å²) < 4.78 is 13.7. The minimum Gasteiger partial charge on any atom is -0.311 e. The first-order chi connectivity index (χ1) is 12.0. The highest BCUT2D eigenvalue weighted by Crippen LogP contribution is 2.47. The highest BCUT2D eigenvalue weighted by atomic mass is 19.1. The van der Waals surface area contributed by atoms with Gasteiger partial charge >= 0.3 is 0 Å². The molecule has 1 heterocycles. The third-order valence-electron chi connectivity index (χ3n) is 5.41. The lowest BCUT2D eigenvalue weighted by molar-refractivity contribution is -0.384. The van der Waals surface area contributed by atoms with Crippen LogP contribution in [0, 0.1) is 15.9 Å². The molecule has 4 rings (SSSR count). The molecule has 6 heteroatoms. The number of rotatable bonds is 3. The number of anilines is 1. The summed E-state index contributed by atoms with van der Waals surface area (Å²) in [6.07, 6.45) is 2.95. The molecule has 0 bridgehead atoms. The number of carbonyl (C=O) groups excluding carboxylic acids is 1. The van der Waals surface area contributed by atoms with Gasteiger partial charge in [0.05, 0.1) is 16.0 Å². The number of nitro benzene ring substituents is 1. The van der Waals surface area contributed by atoms with Crippen molar-refractivity contribution in [1.82, 2.24) is 0 Å². The van der Waals surface area contributed by atoms with E-state index in [1.54, 1.807) is 23.1 Å². The number of hydrogen-bond donors (Lipinski definition) is 0. The number of nitrogens with zero attached hydrogens (tertiary/aromatic N) is 2. The van der Waals surface area contributed by atoms with Crippen LogP contribution in [0.2, 0.25) is 0 Å². The second-order valence-corrected chi connectivity index (χ2v) is 6.72. The largest absolute Gasteiger partial charge is 0.311 e. The third-order valence-corrected chi connectivity index (χ3v) is 5.41. The number of fused-ring (bicyclic) bond motifs is 1. The minimum absolute atomic E-state index is 0.0214. The molecule has 128 valence electrons. The van der Waals surface area contributed by atoms with Crippen LogP contribution in [-0.2, 0) is 16.6 Å². The van der Waals surface area contributed by atoms with E-state index in [2.05, 4.69) is 0 Å². The topological polar surface area (TPSA) is 63.5 Å². The van der Waals surface area contributed by atoms with E-state index in [4.69, 9.17) is 0 Å². The first-order valence-corrected chi connectivity index (χ1v) is 8.37. The van der Waals surface area contributed by atoms with Crippen molar-refractivity contribution in [3.8, 4) is 0 Å². The quantitative estimate of drug-likeness (QED) is 0.631. The molecule has 0 unspecified atom stereocenters. The van der Waals surface area contributed by atoms with Crippen molar-refractivity contribution in [2.45, 2.75) is 31.1 Å². The van der Waals surface area contributed by atoms with Crippen LogP contribution in [0.5, 0.6) is 0 Å². The van der Waals surface area contributed by atoms with E-state index in [0.717, 1.165) is 12.0 Å². The first kappa shape index (κ1) is 15.7. The average Bonchev–Trinajstić information content (AvgIpc) is 2.96. The summed E-state index contributed by atoms with van der Waals surface area (Å²) in [4.78, 5) is 25.6. The van der Waals surface area contributed by atoms with Gasteiger partial charge in [-0.2, -0.15) is 0 Å². The second kappa shape index (κ2) is 5.65. The fourth-order valence-corrected chi connectivity index (χ4v) is 3.89. The van der Waals surface area contributed by atoms with Gasteiger partial charge in [-0.3, -0.25) is 14.9 Å². The number of halogens is 1. The molecule has 0 radical (unpaired) electrons. The molecule has 0 aromatic heterocycles. The van der Waals surface area contributed by atoms with E-state index < -0.39 is 10.3 Å². The Kier molecular flexibility index (Phi) is 3.56. The molecule has 1 saturated carbocycles. The number of hydrogen-bond acceptors (Lipinski definition) is 3. The Hall–Kier alpha value is -2.76. The molecule has 0 spiro atoms. The molecule has 1 aliphatic heterocycles. The fourth-order valence-electron chi connectivity index (χ4n) is 3.89. The van der Waals surface area contributed by atoms with Gasteiger partial charge in [0.25, 0.3) is 5.69 Å². The first-order valence-electron chi connectivity index (χ1n) is 8.37. The second-order valence-electron chi connectivity index (χ2n) is 6.72. The summed E-state index contributed by atoms with van der Waals surface area (Å²) in [5.74, 6) is -0.433. The highest BCUT2D eigenvalue weighted by molar-refractivity contribution is 6.03. The van der Waals surface area contributed by atoms with Crippen molar-refractivity contribution in [3.05, 3.63) is 69.5 Å². The van der Waals surface area contributed by atoms with Gasteiger partial charge in [-0.05, 0) is 42.5 Å². The third kappa shape index (κ3) is 2.40.